The van der Waals surface area contributed by atoms with Crippen molar-refractivity contribution in [2.75, 3.05) is 33.3 Å². The van der Waals surface area contributed by atoms with Crippen LogP contribution in [0.1, 0.15) is 25.3 Å². The van der Waals surface area contributed by atoms with Crippen LogP contribution in [0.4, 0.5) is 0 Å². The van der Waals surface area contributed by atoms with E-state index in [4.69, 9.17) is 0 Å². The number of rotatable bonds is 6. The fourth-order valence-electron chi connectivity index (χ4n) is 3.00. The molecule has 0 spiro atoms. The van der Waals surface area contributed by atoms with Crippen molar-refractivity contribution in [2.24, 2.45) is 5.92 Å². The first-order chi connectivity index (χ1) is 9.20. The number of aliphatic hydroxyl groups excluding tert-OH is 1. The van der Waals surface area contributed by atoms with Crippen LogP contribution in [0.2, 0.25) is 0 Å². The van der Waals surface area contributed by atoms with Gasteiger partial charge in [0.05, 0.1) is 12.1 Å². The monoisotopic (exact) mass is 262 g/mol. The standard InChI is InChI=1S/C16H26N2O/c1-14-8-10-18(12-14)11-9-16(13-19,17-2)15-6-4-3-5-7-15/h3-7,14,17,19H,8-13H2,1-2H3. The molecule has 19 heavy (non-hydrogen) atoms. The Bertz CT molecular complexity index is 376. The van der Waals surface area contributed by atoms with Crippen LogP contribution < -0.4 is 5.32 Å². The van der Waals surface area contributed by atoms with Crippen LogP contribution in [0.15, 0.2) is 30.3 Å². The van der Waals surface area contributed by atoms with Crippen LogP contribution in [0, 0.1) is 5.92 Å². The second-order valence-corrected chi connectivity index (χ2v) is 5.80. The van der Waals surface area contributed by atoms with Crippen molar-refractivity contribution in [1.82, 2.24) is 10.2 Å². The molecule has 1 aromatic rings. The van der Waals surface area contributed by atoms with Crippen molar-refractivity contribution in [3.8, 4) is 0 Å². The number of aliphatic hydroxyl groups is 1. The Morgan fingerprint density at radius 1 is 1.37 bits per heavy atom. The van der Waals surface area contributed by atoms with Crippen LogP contribution in [0.5, 0.6) is 0 Å². The Hall–Kier alpha value is -0.900. The lowest BCUT2D eigenvalue weighted by molar-refractivity contribution is 0.143. The van der Waals surface area contributed by atoms with Gasteiger partial charge in [0.1, 0.15) is 0 Å². The first-order valence-electron chi connectivity index (χ1n) is 7.28. The van der Waals surface area contributed by atoms with Gasteiger partial charge in [-0.05, 0) is 37.9 Å². The van der Waals surface area contributed by atoms with E-state index in [0.717, 1.165) is 18.9 Å². The average molecular weight is 262 g/mol. The third-order valence-electron chi connectivity index (χ3n) is 4.44. The minimum absolute atomic E-state index is 0.136. The van der Waals surface area contributed by atoms with E-state index >= 15 is 0 Å². The SMILES string of the molecule is CNC(CO)(CCN1CCC(C)C1)c1ccccc1. The lowest BCUT2D eigenvalue weighted by Crippen LogP contribution is -2.46. The maximum Gasteiger partial charge on any atom is 0.0678 e. The summed E-state index contributed by atoms with van der Waals surface area (Å²) >= 11 is 0. The smallest absolute Gasteiger partial charge is 0.0678 e. The normalized spacial score (nSPS) is 23.4. The van der Waals surface area contributed by atoms with E-state index in [0.29, 0.717) is 0 Å². The number of hydrogen-bond acceptors (Lipinski definition) is 3. The molecule has 2 rings (SSSR count). The summed E-state index contributed by atoms with van der Waals surface area (Å²) in [6.45, 7) is 5.88. The predicted octanol–water partition coefficient (Wildman–Crippen LogP) is 1.83. The number of nitrogens with one attached hydrogen (secondary N) is 1. The molecule has 3 nitrogen and oxygen atoms in total. The fraction of sp³-hybridized carbons (Fsp3) is 0.625. The first-order valence-corrected chi connectivity index (χ1v) is 7.28. The van der Waals surface area contributed by atoms with Gasteiger partial charge in [-0.15, -0.1) is 0 Å². The molecule has 1 fully saturated rings. The zero-order valence-electron chi connectivity index (χ0n) is 12.1. The first kappa shape index (κ1) is 14.5. The largest absolute Gasteiger partial charge is 0.394 e. The molecular weight excluding hydrogens is 236 g/mol. The number of nitrogens with zero attached hydrogens (tertiary/aromatic N) is 1. The minimum atomic E-state index is -0.312. The topological polar surface area (TPSA) is 35.5 Å². The summed E-state index contributed by atoms with van der Waals surface area (Å²) in [5.74, 6) is 0.815. The Balaban J connectivity index is 2.03. The average Bonchev–Trinajstić information content (AvgIpc) is 2.88. The van der Waals surface area contributed by atoms with Crippen molar-refractivity contribution in [2.45, 2.75) is 25.3 Å². The molecular formula is C16H26N2O. The third-order valence-corrected chi connectivity index (χ3v) is 4.44. The quantitative estimate of drug-likeness (QED) is 0.821. The third kappa shape index (κ3) is 3.35. The van der Waals surface area contributed by atoms with Crippen LogP contribution in [-0.4, -0.2) is 43.3 Å². The molecule has 0 aromatic heterocycles. The van der Waals surface area contributed by atoms with E-state index in [-0.39, 0.29) is 12.1 Å². The van der Waals surface area contributed by atoms with Crippen LogP contribution >= 0.6 is 0 Å². The second kappa shape index (κ2) is 6.51. The molecule has 1 heterocycles. The number of hydrogen-bond donors (Lipinski definition) is 2. The zero-order valence-corrected chi connectivity index (χ0v) is 12.1. The maximum atomic E-state index is 9.87. The Morgan fingerprint density at radius 3 is 2.63 bits per heavy atom. The van der Waals surface area contributed by atoms with Gasteiger partial charge in [0.25, 0.3) is 0 Å². The molecule has 0 saturated carbocycles. The van der Waals surface area contributed by atoms with E-state index in [1.807, 2.05) is 25.2 Å². The Kier molecular flexibility index (Phi) is 4.97. The summed E-state index contributed by atoms with van der Waals surface area (Å²) in [5.41, 5.74) is 0.861. The van der Waals surface area contributed by atoms with E-state index in [2.05, 4.69) is 29.3 Å². The highest BCUT2D eigenvalue weighted by Crippen LogP contribution is 2.26. The molecule has 0 bridgehead atoms. The summed E-state index contributed by atoms with van der Waals surface area (Å²) < 4.78 is 0. The van der Waals surface area contributed by atoms with Gasteiger partial charge in [0.2, 0.25) is 0 Å². The molecule has 1 aromatic carbocycles. The highest BCUT2D eigenvalue weighted by atomic mass is 16.3. The molecule has 3 heteroatoms. The summed E-state index contributed by atoms with van der Waals surface area (Å²) in [6, 6.07) is 10.3. The lowest BCUT2D eigenvalue weighted by Gasteiger charge is -2.34. The van der Waals surface area contributed by atoms with Gasteiger partial charge in [-0.1, -0.05) is 37.3 Å². The van der Waals surface area contributed by atoms with Crippen LogP contribution in [0.3, 0.4) is 0 Å². The highest BCUT2D eigenvalue weighted by molar-refractivity contribution is 5.24. The molecule has 0 amide bonds. The van der Waals surface area contributed by atoms with E-state index in [1.165, 1.54) is 25.1 Å². The molecule has 0 radical (unpaired) electrons. The van der Waals surface area contributed by atoms with E-state index in [9.17, 15) is 5.11 Å². The van der Waals surface area contributed by atoms with Crippen molar-refractivity contribution < 1.29 is 5.11 Å². The van der Waals surface area contributed by atoms with Gasteiger partial charge in [-0.3, -0.25) is 0 Å². The number of likely N-dealkylation sites (N-methyl/N-ethyl adjacent to an activating group) is 1. The second-order valence-electron chi connectivity index (χ2n) is 5.80. The summed E-state index contributed by atoms with van der Waals surface area (Å²) in [7, 11) is 1.94. The van der Waals surface area contributed by atoms with Gasteiger partial charge in [-0.25, -0.2) is 0 Å². The number of likely N-dealkylation sites (tertiary alicyclic amines) is 1. The molecule has 106 valence electrons. The molecule has 2 atom stereocenters. The van der Waals surface area contributed by atoms with E-state index < -0.39 is 0 Å². The maximum absolute atomic E-state index is 9.87. The summed E-state index contributed by atoms with van der Waals surface area (Å²) in [5, 5.41) is 13.2. The Labute approximate surface area is 116 Å². The molecule has 0 aliphatic carbocycles. The van der Waals surface area contributed by atoms with Gasteiger partial charge in [-0.2, -0.15) is 0 Å². The molecule has 1 saturated heterocycles. The van der Waals surface area contributed by atoms with Crippen molar-refractivity contribution in [1.29, 1.82) is 0 Å². The van der Waals surface area contributed by atoms with Gasteiger partial charge >= 0.3 is 0 Å². The summed E-state index contributed by atoms with van der Waals surface area (Å²) in [6.07, 6.45) is 2.24. The molecule has 1 aliphatic rings. The van der Waals surface area contributed by atoms with Gasteiger partial charge in [0, 0.05) is 13.1 Å². The Morgan fingerprint density at radius 2 is 2.11 bits per heavy atom. The van der Waals surface area contributed by atoms with Crippen molar-refractivity contribution >= 4 is 0 Å². The van der Waals surface area contributed by atoms with E-state index in [1.54, 1.807) is 0 Å². The molecule has 2 N–H and O–H groups in total. The molecule has 2 unspecified atom stereocenters. The van der Waals surface area contributed by atoms with Crippen LogP contribution in [0.25, 0.3) is 0 Å². The van der Waals surface area contributed by atoms with Gasteiger partial charge in [0.15, 0.2) is 0 Å². The van der Waals surface area contributed by atoms with Crippen molar-refractivity contribution in [3.05, 3.63) is 35.9 Å². The van der Waals surface area contributed by atoms with Gasteiger partial charge < -0.3 is 15.3 Å². The zero-order chi connectivity index (χ0) is 13.7. The summed E-state index contributed by atoms with van der Waals surface area (Å²) in [4.78, 5) is 2.51. The number of benzene rings is 1. The minimum Gasteiger partial charge on any atom is -0.394 e. The highest BCUT2D eigenvalue weighted by Gasteiger charge is 2.30. The lowest BCUT2D eigenvalue weighted by atomic mass is 9.87. The van der Waals surface area contributed by atoms with Crippen molar-refractivity contribution in [3.63, 3.8) is 0 Å². The molecule has 1 aliphatic heterocycles. The fourth-order valence-corrected chi connectivity index (χ4v) is 3.00. The predicted molar refractivity (Wildman–Crippen MR) is 79.1 cm³/mol. The van der Waals surface area contributed by atoms with Crippen LogP contribution in [-0.2, 0) is 5.54 Å².